The fourth-order valence-corrected chi connectivity index (χ4v) is 2.28. The van der Waals surface area contributed by atoms with Gasteiger partial charge in [0.1, 0.15) is 0 Å². The van der Waals surface area contributed by atoms with E-state index in [9.17, 15) is 0 Å². The molecule has 0 spiro atoms. The zero-order valence-corrected chi connectivity index (χ0v) is 8.85. The number of rotatable bonds is 2. The minimum atomic E-state index is 0.252. The zero-order valence-electron chi connectivity index (χ0n) is 8.85. The highest BCUT2D eigenvalue weighted by Gasteiger charge is 2.32. The first kappa shape index (κ1) is 9.68. The monoisotopic (exact) mass is 194 g/mol. The second-order valence-electron chi connectivity index (χ2n) is 3.95. The Morgan fingerprint density at radius 1 is 1.64 bits per heavy atom. The van der Waals surface area contributed by atoms with Crippen molar-refractivity contribution in [2.45, 2.75) is 32.0 Å². The number of aryl methyl sites for hydroxylation is 1. The summed E-state index contributed by atoms with van der Waals surface area (Å²) in [6, 6.07) is 2.68. The van der Waals surface area contributed by atoms with Crippen molar-refractivity contribution in [3.63, 3.8) is 0 Å². The molecule has 0 aliphatic carbocycles. The molecule has 1 aliphatic heterocycles. The number of hydrogen-bond acceptors (Lipinski definition) is 3. The molecule has 1 aliphatic rings. The summed E-state index contributed by atoms with van der Waals surface area (Å²) in [4.78, 5) is 2.31. The van der Waals surface area contributed by atoms with Gasteiger partial charge in [0.05, 0.1) is 11.7 Å². The van der Waals surface area contributed by atoms with Crippen LogP contribution in [0.5, 0.6) is 0 Å². The van der Waals surface area contributed by atoms with Gasteiger partial charge in [-0.15, -0.1) is 0 Å². The topological polar surface area (TPSA) is 47.1 Å². The lowest BCUT2D eigenvalue weighted by molar-refractivity contribution is 0.288. The molecule has 14 heavy (non-hydrogen) atoms. The van der Waals surface area contributed by atoms with Gasteiger partial charge in [0.2, 0.25) is 0 Å². The largest absolute Gasteiger partial charge is 0.326 e. The van der Waals surface area contributed by atoms with Gasteiger partial charge in [0.15, 0.2) is 0 Å². The zero-order chi connectivity index (χ0) is 10.1. The maximum atomic E-state index is 6.10. The van der Waals surface area contributed by atoms with Crippen LogP contribution < -0.4 is 5.73 Å². The maximum absolute atomic E-state index is 6.10. The van der Waals surface area contributed by atoms with Crippen LogP contribution in [0.2, 0.25) is 0 Å². The quantitative estimate of drug-likeness (QED) is 0.750. The molecule has 0 aromatic carbocycles. The lowest BCUT2D eigenvalue weighted by atomic mass is 10.1. The van der Waals surface area contributed by atoms with Crippen molar-refractivity contribution in [3.05, 3.63) is 18.0 Å². The molecule has 2 atom stereocenters. The molecular weight excluding hydrogens is 176 g/mol. The Morgan fingerprint density at radius 2 is 2.43 bits per heavy atom. The third-order valence-electron chi connectivity index (χ3n) is 3.05. The number of likely N-dealkylation sites (N-methyl/N-ethyl adjacent to an activating group) is 1. The Morgan fingerprint density at radius 3 is 3.00 bits per heavy atom. The molecule has 0 bridgehead atoms. The highest BCUT2D eigenvalue weighted by atomic mass is 15.3. The van der Waals surface area contributed by atoms with E-state index in [1.54, 1.807) is 0 Å². The Kier molecular flexibility index (Phi) is 2.56. The van der Waals surface area contributed by atoms with Gasteiger partial charge in [-0.25, -0.2) is 0 Å². The van der Waals surface area contributed by atoms with Crippen molar-refractivity contribution in [2.24, 2.45) is 5.73 Å². The van der Waals surface area contributed by atoms with Gasteiger partial charge < -0.3 is 5.73 Å². The van der Waals surface area contributed by atoms with Crippen LogP contribution in [0.25, 0.3) is 0 Å². The Hall–Kier alpha value is -0.870. The van der Waals surface area contributed by atoms with Gasteiger partial charge >= 0.3 is 0 Å². The number of nitrogens with zero attached hydrogens (tertiary/aromatic N) is 3. The molecule has 1 fully saturated rings. The molecule has 4 heteroatoms. The highest BCUT2D eigenvalue weighted by molar-refractivity contribution is 5.12. The summed E-state index contributed by atoms with van der Waals surface area (Å²) in [5, 5.41) is 4.28. The van der Waals surface area contributed by atoms with Crippen LogP contribution in [-0.4, -0.2) is 34.3 Å². The second-order valence-corrected chi connectivity index (χ2v) is 3.95. The van der Waals surface area contributed by atoms with Gasteiger partial charge in [-0.1, -0.05) is 0 Å². The first-order valence-electron chi connectivity index (χ1n) is 5.21. The molecule has 2 heterocycles. The fraction of sp³-hybridized carbons (Fsp3) is 0.700. The molecule has 4 nitrogen and oxygen atoms in total. The summed E-state index contributed by atoms with van der Waals surface area (Å²) in [6.45, 7) is 4.11. The first-order chi connectivity index (χ1) is 6.74. The van der Waals surface area contributed by atoms with E-state index in [2.05, 4.69) is 30.0 Å². The van der Waals surface area contributed by atoms with Crippen molar-refractivity contribution >= 4 is 0 Å². The summed E-state index contributed by atoms with van der Waals surface area (Å²) in [6.07, 6.45) is 2.94. The van der Waals surface area contributed by atoms with Crippen molar-refractivity contribution < 1.29 is 0 Å². The lowest BCUT2D eigenvalue weighted by Crippen LogP contribution is -2.31. The summed E-state index contributed by atoms with van der Waals surface area (Å²) < 4.78 is 2.03. The van der Waals surface area contributed by atoms with E-state index >= 15 is 0 Å². The minimum Gasteiger partial charge on any atom is -0.326 e. The van der Waals surface area contributed by atoms with Gasteiger partial charge in [-0.05, 0) is 26.5 Å². The lowest BCUT2D eigenvalue weighted by Gasteiger charge is -2.23. The smallest absolute Gasteiger partial charge is 0.0668 e. The Labute approximate surface area is 84.7 Å². The second kappa shape index (κ2) is 3.71. The molecule has 1 saturated heterocycles. The van der Waals surface area contributed by atoms with Crippen LogP contribution in [0.15, 0.2) is 12.3 Å². The van der Waals surface area contributed by atoms with E-state index in [1.165, 1.54) is 5.69 Å². The number of likely N-dealkylation sites (tertiary alicyclic amines) is 1. The van der Waals surface area contributed by atoms with Crippen molar-refractivity contribution in [1.82, 2.24) is 14.7 Å². The summed E-state index contributed by atoms with van der Waals surface area (Å²) >= 11 is 0. The predicted octanol–water partition coefficient (Wildman–Crippen LogP) is 0.607. The average Bonchev–Trinajstić information content (AvgIpc) is 2.73. The summed E-state index contributed by atoms with van der Waals surface area (Å²) in [5.74, 6) is 0. The molecule has 0 radical (unpaired) electrons. The molecule has 1 aromatic heterocycles. The van der Waals surface area contributed by atoms with Gasteiger partial charge in [-0.2, -0.15) is 5.10 Å². The third-order valence-corrected chi connectivity index (χ3v) is 3.05. The number of hydrogen-bond donors (Lipinski definition) is 1. The van der Waals surface area contributed by atoms with Gasteiger partial charge in [0, 0.05) is 25.3 Å². The average molecular weight is 194 g/mol. The van der Waals surface area contributed by atoms with Crippen molar-refractivity contribution in [1.29, 1.82) is 0 Å². The summed E-state index contributed by atoms with van der Waals surface area (Å²) in [7, 11) is 2.13. The summed E-state index contributed by atoms with van der Waals surface area (Å²) in [5.41, 5.74) is 7.35. The van der Waals surface area contributed by atoms with Gasteiger partial charge in [-0.3, -0.25) is 9.58 Å². The van der Waals surface area contributed by atoms with Crippen molar-refractivity contribution in [3.8, 4) is 0 Å². The van der Waals surface area contributed by atoms with Gasteiger partial charge in [0.25, 0.3) is 0 Å². The SMILES string of the molecule is CCn1nccc1C1C(N)CCN1C. The van der Waals surface area contributed by atoms with Crippen molar-refractivity contribution in [2.75, 3.05) is 13.6 Å². The molecule has 0 amide bonds. The molecule has 2 rings (SSSR count). The van der Waals surface area contributed by atoms with E-state index in [0.29, 0.717) is 6.04 Å². The number of nitrogens with two attached hydrogens (primary N) is 1. The predicted molar refractivity (Wildman–Crippen MR) is 55.9 cm³/mol. The molecule has 0 saturated carbocycles. The Balaban J connectivity index is 2.29. The maximum Gasteiger partial charge on any atom is 0.0668 e. The normalized spacial score (nSPS) is 28.5. The molecule has 78 valence electrons. The standard InChI is InChI=1S/C10H18N4/c1-3-14-9(4-6-12-14)10-8(11)5-7-13(10)2/h4,6,8,10H,3,5,7,11H2,1-2H3. The van der Waals surface area contributed by atoms with Crippen LogP contribution in [0.1, 0.15) is 25.1 Å². The van der Waals surface area contributed by atoms with Crippen LogP contribution in [0, 0.1) is 0 Å². The highest BCUT2D eigenvalue weighted by Crippen LogP contribution is 2.29. The van der Waals surface area contributed by atoms with E-state index in [0.717, 1.165) is 19.5 Å². The number of aromatic nitrogens is 2. The first-order valence-corrected chi connectivity index (χ1v) is 5.21. The fourth-order valence-electron chi connectivity index (χ4n) is 2.28. The van der Waals surface area contributed by atoms with E-state index in [-0.39, 0.29) is 6.04 Å². The van der Waals surface area contributed by atoms with Crippen LogP contribution >= 0.6 is 0 Å². The Bertz CT molecular complexity index is 297. The van der Waals surface area contributed by atoms with Crippen LogP contribution in [0.4, 0.5) is 0 Å². The van der Waals surface area contributed by atoms with Crippen LogP contribution in [-0.2, 0) is 6.54 Å². The third kappa shape index (κ3) is 1.44. The van der Waals surface area contributed by atoms with Crippen LogP contribution in [0.3, 0.4) is 0 Å². The molecule has 2 N–H and O–H groups in total. The van der Waals surface area contributed by atoms with E-state index in [4.69, 9.17) is 5.73 Å². The minimum absolute atomic E-state index is 0.252. The molecular formula is C10H18N4. The van der Waals surface area contributed by atoms with E-state index < -0.39 is 0 Å². The molecule has 2 unspecified atom stereocenters. The molecule has 1 aromatic rings. The van der Waals surface area contributed by atoms with E-state index in [1.807, 2.05) is 10.9 Å².